The van der Waals surface area contributed by atoms with E-state index in [1.54, 1.807) is 24.0 Å². The van der Waals surface area contributed by atoms with Crippen molar-refractivity contribution in [1.29, 1.82) is 0 Å². The summed E-state index contributed by atoms with van der Waals surface area (Å²) in [5.41, 5.74) is -0.0495. The average Bonchev–Trinajstić information content (AvgIpc) is 2.81. The molecule has 1 unspecified atom stereocenters. The Labute approximate surface area is 162 Å². The minimum Gasteiger partial charge on any atom is -0.450 e. The van der Waals surface area contributed by atoms with Gasteiger partial charge < -0.3 is 14.7 Å². The molecule has 1 amide bonds. The summed E-state index contributed by atoms with van der Waals surface area (Å²) in [5, 5.41) is 11.4. The topological polar surface area (TPSA) is 62.7 Å². The number of carbonyl (C=O) groups excluding carboxylic acids is 1. The Bertz CT molecular complexity index is 904. The SMILES string of the molecule is CCOC(=O)N1CCc2ccc3c(c2CC1)C(O)(c1cccnc1)C(F)(F)C3. The summed E-state index contributed by atoms with van der Waals surface area (Å²) in [5.74, 6) is -3.35. The van der Waals surface area contributed by atoms with Crippen LogP contribution in [0.2, 0.25) is 0 Å². The molecule has 28 heavy (non-hydrogen) atoms. The number of benzene rings is 1. The molecule has 2 aromatic rings. The molecule has 2 heterocycles. The van der Waals surface area contributed by atoms with E-state index in [4.69, 9.17) is 4.74 Å². The molecule has 0 fully saturated rings. The highest BCUT2D eigenvalue weighted by Gasteiger charge is 2.61. The zero-order valence-electron chi connectivity index (χ0n) is 15.6. The summed E-state index contributed by atoms with van der Waals surface area (Å²) in [7, 11) is 0. The lowest BCUT2D eigenvalue weighted by Crippen LogP contribution is -2.43. The third-order valence-corrected chi connectivity index (χ3v) is 5.69. The number of aromatic nitrogens is 1. The zero-order valence-corrected chi connectivity index (χ0v) is 15.6. The first-order valence-electron chi connectivity index (χ1n) is 9.45. The minimum absolute atomic E-state index is 0.0821. The van der Waals surface area contributed by atoms with Crippen molar-refractivity contribution >= 4 is 6.09 Å². The lowest BCUT2D eigenvalue weighted by Gasteiger charge is -2.32. The van der Waals surface area contributed by atoms with Crippen molar-refractivity contribution in [1.82, 2.24) is 9.88 Å². The van der Waals surface area contributed by atoms with E-state index in [1.165, 1.54) is 18.5 Å². The second-order valence-corrected chi connectivity index (χ2v) is 7.26. The van der Waals surface area contributed by atoms with Crippen molar-refractivity contribution in [2.75, 3.05) is 19.7 Å². The molecule has 1 N–H and O–H groups in total. The maximum absolute atomic E-state index is 15.1. The molecule has 7 heteroatoms. The van der Waals surface area contributed by atoms with Gasteiger partial charge in [-0.2, -0.15) is 0 Å². The van der Waals surface area contributed by atoms with E-state index in [2.05, 4.69) is 4.98 Å². The Morgan fingerprint density at radius 2 is 2.00 bits per heavy atom. The van der Waals surface area contributed by atoms with Gasteiger partial charge in [-0.15, -0.1) is 0 Å². The van der Waals surface area contributed by atoms with E-state index >= 15 is 8.78 Å². The van der Waals surface area contributed by atoms with Gasteiger partial charge in [0.2, 0.25) is 0 Å². The van der Waals surface area contributed by atoms with Crippen LogP contribution in [0.15, 0.2) is 36.7 Å². The second kappa shape index (κ2) is 6.81. The van der Waals surface area contributed by atoms with Crippen LogP contribution < -0.4 is 0 Å². The van der Waals surface area contributed by atoms with Gasteiger partial charge in [0.25, 0.3) is 5.92 Å². The summed E-state index contributed by atoms with van der Waals surface area (Å²) in [6, 6.07) is 6.55. The second-order valence-electron chi connectivity index (χ2n) is 7.26. The van der Waals surface area contributed by atoms with Gasteiger partial charge in [0.1, 0.15) is 0 Å². The van der Waals surface area contributed by atoms with Crippen LogP contribution in [0.4, 0.5) is 13.6 Å². The molecule has 0 radical (unpaired) electrons. The summed E-state index contributed by atoms with van der Waals surface area (Å²) in [6.45, 7) is 2.83. The van der Waals surface area contributed by atoms with E-state index in [-0.39, 0.29) is 17.7 Å². The van der Waals surface area contributed by atoms with E-state index in [0.29, 0.717) is 37.1 Å². The molecule has 1 aromatic heterocycles. The number of rotatable bonds is 2. The molecule has 1 atom stereocenters. The first kappa shape index (κ1) is 18.8. The molecule has 148 valence electrons. The van der Waals surface area contributed by atoms with Crippen LogP contribution in [-0.2, 0) is 29.6 Å². The number of nitrogens with zero attached hydrogens (tertiary/aromatic N) is 2. The molecular formula is C21H22F2N2O3. The fraction of sp³-hybridized carbons (Fsp3) is 0.429. The van der Waals surface area contributed by atoms with Crippen LogP contribution >= 0.6 is 0 Å². The maximum atomic E-state index is 15.1. The quantitative estimate of drug-likeness (QED) is 0.859. The van der Waals surface area contributed by atoms with Crippen LogP contribution in [0.5, 0.6) is 0 Å². The smallest absolute Gasteiger partial charge is 0.409 e. The van der Waals surface area contributed by atoms with Gasteiger partial charge in [0.15, 0.2) is 5.60 Å². The molecule has 0 saturated heterocycles. The Kier molecular flexibility index (Phi) is 4.57. The molecule has 1 aliphatic carbocycles. The van der Waals surface area contributed by atoms with Crippen LogP contribution in [0.25, 0.3) is 0 Å². The van der Waals surface area contributed by atoms with Crippen LogP contribution in [0.3, 0.4) is 0 Å². The summed E-state index contributed by atoms with van der Waals surface area (Å²) in [4.78, 5) is 17.6. The average molecular weight is 388 g/mol. The Morgan fingerprint density at radius 1 is 1.25 bits per heavy atom. The number of hydrogen-bond donors (Lipinski definition) is 1. The van der Waals surface area contributed by atoms with Gasteiger partial charge in [-0.1, -0.05) is 18.2 Å². The van der Waals surface area contributed by atoms with Gasteiger partial charge in [-0.25, -0.2) is 13.6 Å². The number of aliphatic hydroxyl groups is 1. The molecule has 1 aromatic carbocycles. The standard InChI is InChI=1S/C21H22F2N2O3/c1-2-28-19(26)25-10-7-14-5-6-15-12-20(22,23)21(27,16-4-3-9-24-13-16)18(15)17(14)8-11-25/h3-6,9,13,27H,2,7-8,10-12H2,1H3. The molecule has 1 aliphatic heterocycles. The van der Waals surface area contributed by atoms with Crippen LogP contribution in [0.1, 0.15) is 34.7 Å². The molecule has 0 spiro atoms. The molecular weight excluding hydrogens is 366 g/mol. The number of alkyl halides is 2. The summed E-state index contributed by atoms with van der Waals surface area (Å²) >= 11 is 0. The summed E-state index contributed by atoms with van der Waals surface area (Å²) in [6.07, 6.45) is 2.77. The van der Waals surface area contributed by atoms with Gasteiger partial charge in [0.05, 0.1) is 6.61 Å². The largest absolute Gasteiger partial charge is 0.450 e. The van der Waals surface area contributed by atoms with Crippen LogP contribution in [-0.4, -0.2) is 46.7 Å². The minimum atomic E-state index is -3.35. The summed E-state index contributed by atoms with van der Waals surface area (Å²) < 4.78 is 35.3. The first-order chi connectivity index (χ1) is 13.4. The van der Waals surface area contributed by atoms with Crippen molar-refractivity contribution in [3.63, 3.8) is 0 Å². The van der Waals surface area contributed by atoms with Crippen molar-refractivity contribution in [3.05, 3.63) is 64.5 Å². The van der Waals surface area contributed by atoms with Crippen molar-refractivity contribution in [3.8, 4) is 0 Å². The number of fused-ring (bicyclic) bond motifs is 3. The van der Waals surface area contributed by atoms with Crippen molar-refractivity contribution in [2.45, 2.75) is 37.7 Å². The molecule has 4 rings (SSSR count). The Morgan fingerprint density at radius 3 is 2.71 bits per heavy atom. The number of amides is 1. The van der Waals surface area contributed by atoms with E-state index in [0.717, 1.165) is 5.56 Å². The first-order valence-corrected chi connectivity index (χ1v) is 9.45. The maximum Gasteiger partial charge on any atom is 0.409 e. The van der Waals surface area contributed by atoms with Crippen molar-refractivity contribution in [2.24, 2.45) is 0 Å². The van der Waals surface area contributed by atoms with Crippen molar-refractivity contribution < 1.29 is 23.4 Å². The number of halogens is 2. The highest BCUT2D eigenvalue weighted by Crippen LogP contribution is 2.53. The number of ether oxygens (including phenoxy) is 1. The predicted octanol–water partition coefficient (Wildman–Crippen LogP) is 3.07. The zero-order chi connectivity index (χ0) is 19.9. The Hall–Kier alpha value is -2.54. The van der Waals surface area contributed by atoms with E-state index in [9.17, 15) is 9.90 Å². The van der Waals surface area contributed by atoms with Crippen LogP contribution in [0, 0.1) is 0 Å². The van der Waals surface area contributed by atoms with Gasteiger partial charge in [-0.05, 0) is 42.5 Å². The lowest BCUT2D eigenvalue weighted by atomic mass is 9.81. The highest BCUT2D eigenvalue weighted by atomic mass is 19.3. The molecule has 0 saturated carbocycles. The molecule has 5 nitrogen and oxygen atoms in total. The van der Waals surface area contributed by atoms with E-state index in [1.807, 2.05) is 6.07 Å². The number of hydrogen-bond acceptors (Lipinski definition) is 4. The fourth-order valence-corrected chi connectivity index (χ4v) is 4.35. The van der Waals surface area contributed by atoms with Gasteiger partial charge in [-0.3, -0.25) is 4.98 Å². The molecule has 0 bridgehead atoms. The lowest BCUT2D eigenvalue weighted by molar-refractivity contribution is -0.150. The fourth-order valence-electron chi connectivity index (χ4n) is 4.35. The third kappa shape index (κ3) is 2.76. The Balaban J connectivity index is 1.80. The number of carbonyl (C=O) groups is 1. The van der Waals surface area contributed by atoms with Gasteiger partial charge in [0, 0.05) is 43.0 Å². The van der Waals surface area contributed by atoms with E-state index < -0.39 is 24.0 Å². The molecule has 2 aliphatic rings. The predicted molar refractivity (Wildman–Crippen MR) is 98.3 cm³/mol. The normalized spacial score (nSPS) is 22.9. The highest BCUT2D eigenvalue weighted by molar-refractivity contribution is 5.68. The third-order valence-electron chi connectivity index (χ3n) is 5.69. The number of pyridine rings is 1. The van der Waals surface area contributed by atoms with Gasteiger partial charge >= 0.3 is 6.09 Å². The monoisotopic (exact) mass is 388 g/mol.